The number of hydrogen-bond acceptors (Lipinski definition) is 6. The number of alkyl carbamates (subject to hydrolysis) is 1. The summed E-state index contributed by atoms with van der Waals surface area (Å²) in [6, 6.07) is 1.65. The fraction of sp³-hybridized carbons (Fsp3) is 0.611. The number of nitrogens with zero attached hydrogens (tertiary/aromatic N) is 2. The molecular weight excluding hydrogens is 358 g/mol. The largest absolute Gasteiger partial charge is 0.462 e. The Balaban J connectivity index is 2.16. The van der Waals surface area contributed by atoms with Crippen LogP contribution in [0, 0.1) is 0 Å². The van der Waals surface area contributed by atoms with Gasteiger partial charge >= 0.3 is 12.1 Å². The summed E-state index contributed by atoms with van der Waals surface area (Å²) in [5.41, 5.74) is -0.0331. The molecule has 2 heterocycles. The van der Waals surface area contributed by atoms with Gasteiger partial charge in [-0.15, -0.1) is 0 Å². The average molecular weight is 384 g/mol. The molecule has 1 unspecified atom stereocenters. The zero-order valence-electron chi connectivity index (χ0n) is 15.9. The molecule has 7 nitrogen and oxygen atoms in total. The number of rotatable bonds is 4. The van der Waals surface area contributed by atoms with E-state index in [9.17, 15) is 9.59 Å². The van der Waals surface area contributed by atoms with Crippen molar-refractivity contribution in [1.82, 2.24) is 10.3 Å². The van der Waals surface area contributed by atoms with E-state index in [4.69, 9.17) is 21.1 Å². The molecule has 0 radical (unpaired) electrons. The zero-order chi connectivity index (χ0) is 19.5. The van der Waals surface area contributed by atoms with Gasteiger partial charge in [0.05, 0.1) is 17.8 Å². The SMILES string of the molecule is CCOC(=O)c1cnc(Cl)cc1N1CCC(C)(NC(=O)OC(C)(C)C)C1. The van der Waals surface area contributed by atoms with Gasteiger partial charge in [-0.05, 0) is 47.1 Å². The molecule has 1 N–H and O–H groups in total. The third-order valence-corrected chi connectivity index (χ3v) is 4.17. The number of pyridine rings is 1. The van der Waals surface area contributed by atoms with Crippen molar-refractivity contribution < 1.29 is 19.1 Å². The molecule has 1 aliphatic rings. The maximum absolute atomic E-state index is 12.2. The Labute approximate surface area is 159 Å². The highest BCUT2D eigenvalue weighted by molar-refractivity contribution is 6.29. The van der Waals surface area contributed by atoms with Crippen LogP contribution in [0.15, 0.2) is 12.3 Å². The molecule has 26 heavy (non-hydrogen) atoms. The van der Waals surface area contributed by atoms with Gasteiger partial charge < -0.3 is 19.7 Å². The number of ether oxygens (including phenoxy) is 2. The number of halogens is 1. The van der Waals surface area contributed by atoms with Gasteiger partial charge in [0, 0.05) is 19.3 Å². The summed E-state index contributed by atoms with van der Waals surface area (Å²) in [7, 11) is 0. The van der Waals surface area contributed by atoms with Crippen molar-refractivity contribution in [2.45, 2.75) is 52.2 Å². The molecule has 1 aromatic rings. The first-order valence-electron chi connectivity index (χ1n) is 8.62. The number of hydrogen-bond donors (Lipinski definition) is 1. The van der Waals surface area contributed by atoms with Gasteiger partial charge in [-0.25, -0.2) is 14.6 Å². The summed E-state index contributed by atoms with van der Waals surface area (Å²) in [6.07, 6.45) is 1.67. The molecule has 8 heteroatoms. The van der Waals surface area contributed by atoms with Gasteiger partial charge in [0.1, 0.15) is 16.3 Å². The van der Waals surface area contributed by atoms with Crippen LogP contribution in [0.1, 0.15) is 51.4 Å². The van der Waals surface area contributed by atoms with E-state index in [1.54, 1.807) is 13.0 Å². The molecule has 0 aliphatic carbocycles. The van der Waals surface area contributed by atoms with Crippen molar-refractivity contribution in [3.05, 3.63) is 23.0 Å². The Morgan fingerprint density at radius 1 is 1.42 bits per heavy atom. The molecule has 0 bridgehead atoms. The van der Waals surface area contributed by atoms with Crippen LogP contribution in [0.2, 0.25) is 5.15 Å². The molecule has 1 fully saturated rings. The molecule has 1 saturated heterocycles. The first kappa shape index (κ1) is 20.3. The molecule has 1 amide bonds. The molecular formula is C18H26ClN3O4. The van der Waals surface area contributed by atoms with Crippen LogP contribution in [-0.4, -0.2) is 47.9 Å². The lowest BCUT2D eigenvalue weighted by Crippen LogP contribution is -2.49. The quantitative estimate of drug-likeness (QED) is 0.634. The van der Waals surface area contributed by atoms with Crippen LogP contribution in [0.25, 0.3) is 0 Å². The van der Waals surface area contributed by atoms with Crippen molar-refractivity contribution in [3.8, 4) is 0 Å². The summed E-state index contributed by atoms with van der Waals surface area (Å²) >= 11 is 6.03. The van der Waals surface area contributed by atoms with Crippen molar-refractivity contribution in [2.24, 2.45) is 0 Å². The Morgan fingerprint density at radius 2 is 2.12 bits per heavy atom. The van der Waals surface area contributed by atoms with Crippen molar-refractivity contribution in [3.63, 3.8) is 0 Å². The predicted molar refractivity (Wildman–Crippen MR) is 99.8 cm³/mol. The Kier molecular flexibility index (Phi) is 6.01. The lowest BCUT2D eigenvalue weighted by atomic mass is 10.0. The van der Waals surface area contributed by atoms with Crippen LogP contribution >= 0.6 is 11.6 Å². The highest BCUT2D eigenvalue weighted by Gasteiger charge is 2.37. The minimum Gasteiger partial charge on any atom is -0.462 e. The summed E-state index contributed by atoms with van der Waals surface area (Å²) in [4.78, 5) is 30.3. The lowest BCUT2D eigenvalue weighted by Gasteiger charge is -2.29. The predicted octanol–water partition coefficient (Wildman–Crippen LogP) is 3.41. The molecule has 1 aromatic heterocycles. The molecule has 0 saturated carbocycles. The van der Waals surface area contributed by atoms with Crippen molar-refractivity contribution >= 4 is 29.4 Å². The Bertz CT molecular complexity index is 690. The zero-order valence-corrected chi connectivity index (χ0v) is 16.6. The van der Waals surface area contributed by atoms with E-state index in [1.165, 1.54) is 6.20 Å². The van der Waals surface area contributed by atoms with Crippen LogP contribution < -0.4 is 10.2 Å². The second-order valence-electron chi connectivity index (χ2n) is 7.60. The fourth-order valence-electron chi connectivity index (χ4n) is 2.87. The maximum atomic E-state index is 12.2. The number of carbonyl (C=O) groups is 2. The molecule has 1 atom stereocenters. The maximum Gasteiger partial charge on any atom is 0.408 e. The first-order valence-corrected chi connectivity index (χ1v) is 8.99. The minimum absolute atomic E-state index is 0.277. The van der Waals surface area contributed by atoms with E-state index >= 15 is 0 Å². The van der Waals surface area contributed by atoms with Crippen LogP contribution in [0.5, 0.6) is 0 Å². The van der Waals surface area contributed by atoms with Gasteiger partial charge in [0.2, 0.25) is 0 Å². The average Bonchev–Trinajstić information content (AvgIpc) is 2.87. The Hall–Kier alpha value is -2.02. The molecule has 0 aromatic carbocycles. The Morgan fingerprint density at radius 3 is 2.73 bits per heavy atom. The highest BCUT2D eigenvalue weighted by atomic mass is 35.5. The lowest BCUT2D eigenvalue weighted by molar-refractivity contribution is 0.0470. The second-order valence-corrected chi connectivity index (χ2v) is 7.99. The standard InChI is InChI=1S/C18H26ClN3O4/c1-6-25-15(23)12-10-20-14(19)9-13(12)22-8-7-18(5,11-22)21-16(24)26-17(2,3)4/h9-10H,6-8,11H2,1-5H3,(H,21,24). The molecule has 0 spiro atoms. The van der Waals surface area contributed by atoms with E-state index < -0.39 is 23.2 Å². The number of nitrogens with one attached hydrogen (secondary N) is 1. The number of esters is 1. The van der Waals surface area contributed by atoms with Crippen molar-refractivity contribution in [1.29, 1.82) is 0 Å². The number of amides is 1. The van der Waals surface area contributed by atoms with Crippen LogP contribution in [0.4, 0.5) is 10.5 Å². The van der Waals surface area contributed by atoms with E-state index in [2.05, 4.69) is 10.3 Å². The fourth-order valence-corrected chi connectivity index (χ4v) is 3.02. The normalized spacial score (nSPS) is 20.0. The van der Waals surface area contributed by atoms with Crippen molar-refractivity contribution in [2.75, 3.05) is 24.6 Å². The van der Waals surface area contributed by atoms with E-state index in [1.807, 2.05) is 32.6 Å². The number of carbonyl (C=O) groups excluding carboxylic acids is 2. The summed E-state index contributed by atoms with van der Waals surface area (Å²) < 4.78 is 10.4. The van der Waals surface area contributed by atoms with Crippen LogP contribution in [-0.2, 0) is 9.47 Å². The topological polar surface area (TPSA) is 80.8 Å². The third-order valence-electron chi connectivity index (χ3n) is 3.96. The summed E-state index contributed by atoms with van der Waals surface area (Å²) in [5, 5.41) is 3.23. The molecule has 1 aliphatic heterocycles. The van der Waals surface area contributed by atoms with E-state index in [-0.39, 0.29) is 6.61 Å². The number of anilines is 1. The van der Waals surface area contributed by atoms with Gasteiger partial charge in [-0.2, -0.15) is 0 Å². The van der Waals surface area contributed by atoms with E-state index in [0.717, 1.165) is 0 Å². The third kappa shape index (κ3) is 5.24. The van der Waals surface area contributed by atoms with Gasteiger partial charge in [0.15, 0.2) is 0 Å². The molecule has 144 valence electrons. The van der Waals surface area contributed by atoms with E-state index in [0.29, 0.717) is 35.9 Å². The summed E-state index contributed by atoms with van der Waals surface area (Å²) in [6.45, 7) is 10.6. The minimum atomic E-state index is -0.561. The highest BCUT2D eigenvalue weighted by Crippen LogP contribution is 2.31. The smallest absolute Gasteiger partial charge is 0.408 e. The summed E-state index contributed by atoms with van der Waals surface area (Å²) in [5.74, 6) is -0.444. The first-order chi connectivity index (χ1) is 12.0. The van der Waals surface area contributed by atoms with Gasteiger partial charge in [-0.3, -0.25) is 0 Å². The monoisotopic (exact) mass is 383 g/mol. The number of aromatic nitrogens is 1. The van der Waals surface area contributed by atoms with Gasteiger partial charge in [-0.1, -0.05) is 11.6 Å². The van der Waals surface area contributed by atoms with Crippen LogP contribution in [0.3, 0.4) is 0 Å². The molecule has 2 rings (SSSR count). The van der Waals surface area contributed by atoms with Gasteiger partial charge in [0.25, 0.3) is 0 Å². The second kappa shape index (κ2) is 7.70.